The summed E-state index contributed by atoms with van der Waals surface area (Å²) < 4.78 is 0. The van der Waals surface area contributed by atoms with Crippen LogP contribution in [0.25, 0.3) is 0 Å². The van der Waals surface area contributed by atoms with Crippen LogP contribution in [0, 0.1) is 33.5 Å². The molecule has 6 fully saturated rings. The van der Waals surface area contributed by atoms with Gasteiger partial charge in [0, 0.05) is 30.6 Å². The monoisotopic (exact) mass is 781 g/mol. The van der Waals surface area contributed by atoms with Gasteiger partial charge in [-0.15, -0.1) is 0 Å². The average Bonchev–Trinajstić information content (AvgIpc) is 3.96. The molecule has 4 saturated carbocycles. The normalized spacial score (nSPS) is 28.9. The number of amides is 5. The topological polar surface area (TPSA) is 157 Å². The van der Waals surface area contributed by atoms with Crippen LogP contribution in [-0.4, -0.2) is 101 Å². The highest BCUT2D eigenvalue weighted by Crippen LogP contribution is 2.88. The van der Waals surface area contributed by atoms with Gasteiger partial charge >= 0.3 is 0 Å². The number of carbonyl (C=O) groups is 6. The van der Waals surface area contributed by atoms with Crippen LogP contribution in [0.2, 0.25) is 0 Å². The van der Waals surface area contributed by atoms with Crippen molar-refractivity contribution >= 4 is 35.3 Å². The molecule has 56 heavy (non-hydrogen) atoms. The molecule has 2 saturated heterocycles. The summed E-state index contributed by atoms with van der Waals surface area (Å²) in [6.07, 6.45) is 12.7. The third kappa shape index (κ3) is 8.02. The summed E-state index contributed by atoms with van der Waals surface area (Å²) in [7, 11) is 0. The molecule has 0 aromatic carbocycles. The zero-order chi connectivity index (χ0) is 40.8. The lowest BCUT2D eigenvalue weighted by Crippen LogP contribution is -2.62. The number of rotatable bonds is 14. The first-order valence-electron chi connectivity index (χ1n) is 22.2. The first-order valence-corrected chi connectivity index (χ1v) is 22.2. The Bertz CT molecular complexity index is 1520. The fourth-order valence-electron chi connectivity index (χ4n) is 11.4. The van der Waals surface area contributed by atoms with E-state index >= 15 is 4.79 Å². The minimum absolute atomic E-state index is 0.0149. The van der Waals surface area contributed by atoms with Crippen LogP contribution < -0.4 is 21.3 Å². The highest BCUT2D eigenvalue weighted by Gasteiger charge is 2.85. The van der Waals surface area contributed by atoms with Crippen molar-refractivity contribution < 1.29 is 28.8 Å². The number of fused-ring (bicyclic) bond motifs is 1. The van der Waals surface area contributed by atoms with Crippen molar-refractivity contribution in [2.24, 2.45) is 33.5 Å². The molecule has 12 nitrogen and oxygen atoms in total. The SMILES string of the molecule is CCCC(NC(=O)[C@@H]1C[C@@]2(CN1C(=O)[C@@H](NC(=O)[C@@H](NC(=O)[C@H]1CCCN(C(C)C)C1)C1CCCCC1)C(C)(C)C)C(C)(C)C21CCC1)C(=O)C(=O)NC1CC1. The standard InChI is InChI=1S/C44H72N6O6/c1-9-15-31(34(51)39(55)45-30-19-20-30)46-37(53)32-24-44(42(7,8)43(44)21-14-22-43)26-50(32)40(56)35(41(4,5)6)48-38(54)33(28-16-11-10-12-17-28)47-36(52)29-18-13-23-49(25-29)27(2)3/h27-33,35H,9-26H2,1-8H3,(H,45,55)(H,46,53)(H,47,52)(H,48,54)/t29-,31?,32-,33-,35+,44+/m0/s1. The lowest BCUT2D eigenvalue weighted by molar-refractivity contribution is -0.145. The molecule has 314 valence electrons. The van der Waals surface area contributed by atoms with E-state index in [2.05, 4.69) is 53.9 Å². The van der Waals surface area contributed by atoms with Gasteiger partial charge in [-0.25, -0.2) is 0 Å². The lowest BCUT2D eigenvalue weighted by atomic mass is 9.73. The van der Waals surface area contributed by atoms with Crippen molar-refractivity contribution in [3.05, 3.63) is 0 Å². The third-order valence-corrected chi connectivity index (χ3v) is 15.4. The number of carbonyl (C=O) groups excluding carboxylic acids is 6. The summed E-state index contributed by atoms with van der Waals surface area (Å²) in [5, 5.41) is 12.1. The molecule has 2 aliphatic heterocycles. The van der Waals surface area contributed by atoms with E-state index in [0.29, 0.717) is 38.4 Å². The minimum Gasteiger partial charge on any atom is -0.347 e. The molecule has 0 radical (unpaired) electrons. The Labute approximate surface area is 335 Å². The predicted octanol–water partition coefficient (Wildman–Crippen LogP) is 4.63. The predicted molar refractivity (Wildman–Crippen MR) is 215 cm³/mol. The Morgan fingerprint density at radius 1 is 0.804 bits per heavy atom. The molecule has 12 heteroatoms. The van der Waals surface area contributed by atoms with Crippen LogP contribution in [0.5, 0.6) is 0 Å². The van der Waals surface area contributed by atoms with Crippen LogP contribution in [0.1, 0.15) is 152 Å². The molecule has 2 heterocycles. The minimum atomic E-state index is -0.987. The van der Waals surface area contributed by atoms with Gasteiger partial charge in [0.15, 0.2) is 0 Å². The lowest BCUT2D eigenvalue weighted by Gasteiger charge is -2.39. The molecule has 6 atom stereocenters. The summed E-state index contributed by atoms with van der Waals surface area (Å²) >= 11 is 0. The van der Waals surface area contributed by atoms with Crippen molar-refractivity contribution in [2.75, 3.05) is 19.6 Å². The van der Waals surface area contributed by atoms with Gasteiger partial charge in [0.1, 0.15) is 18.1 Å². The second-order valence-corrected chi connectivity index (χ2v) is 20.4. The van der Waals surface area contributed by atoms with Gasteiger partial charge in [0.25, 0.3) is 5.91 Å². The molecule has 6 aliphatic rings. The maximum Gasteiger partial charge on any atom is 0.289 e. The van der Waals surface area contributed by atoms with E-state index in [0.717, 1.165) is 83.6 Å². The van der Waals surface area contributed by atoms with Crippen molar-refractivity contribution in [2.45, 2.75) is 188 Å². The zero-order valence-electron chi connectivity index (χ0n) is 35.7. The molecule has 0 aromatic rings. The van der Waals surface area contributed by atoms with E-state index < -0.39 is 47.2 Å². The Morgan fingerprint density at radius 3 is 2.04 bits per heavy atom. The molecule has 4 aliphatic carbocycles. The molecule has 1 unspecified atom stereocenters. The number of piperidine rings is 1. The van der Waals surface area contributed by atoms with Gasteiger partial charge in [-0.3, -0.25) is 28.8 Å². The second-order valence-electron chi connectivity index (χ2n) is 20.4. The summed E-state index contributed by atoms with van der Waals surface area (Å²) in [5.74, 6) is -2.74. The van der Waals surface area contributed by atoms with Gasteiger partial charge in [0.05, 0.1) is 12.0 Å². The van der Waals surface area contributed by atoms with Gasteiger partial charge in [-0.1, -0.05) is 73.6 Å². The number of nitrogens with zero attached hydrogens (tertiary/aromatic N) is 2. The highest BCUT2D eigenvalue weighted by atomic mass is 16.2. The Morgan fingerprint density at radius 2 is 1.48 bits per heavy atom. The molecule has 0 bridgehead atoms. The van der Waals surface area contributed by atoms with Gasteiger partial charge in [0.2, 0.25) is 29.4 Å². The van der Waals surface area contributed by atoms with Crippen LogP contribution in [0.3, 0.4) is 0 Å². The molecular formula is C44H72N6O6. The smallest absolute Gasteiger partial charge is 0.289 e. The zero-order valence-corrected chi connectivity index (χ0v) is 35.7. The summed E-state index contributed by atoms with van der Waals surface area (Å²) in [5.41, 5.74) is -1.04. The van der Waals surface area contributed by atoms with Crippen LogP contribution in [-0.2, 0) is 28.8 Å². The summed E-state index contributed by atoms with van der Waals surface area (Å²) in [6, 6.07) is -3.22. The Balaban J connectivity index is 1.24. The number of hydrogen-bond acceptors (Lipinski definition) is 7. The van der Waals surface area contributed by atoms with Crippen molar-refractivity contribution in [3.63, 3.8) is 0 Å². The van der Waals surface area contributed by atoms with E-state index in [1.165, 1.54) is 0 Å². The average molecular weight is 781 g/mol. The Kier molecular flexibility index (Phi) is 12.4. The van der Waals surface area contributed by atoms with Crippen molar-refractivity contribution in [1.29, 1.82) is 0 Å². The molecule has 0 aromatic heterocycles. The van der Waals surface area contributed by atoms with E-state index in [-0.39, 0.29) is 51.8 Å². The first kappa shape index (κ1) is 42.6. The molecule has 6 rings (SSSR count). The second kappa shape index (κ2) is 16.3. The quantitative estimate of drug-likeness (QED) is 0.187. The number of likely N-dealkylation sites (tertiary alicyclic amines) is 2. The van der Waals surface area contributed by atoms with E-state index in [1.54, 1.807) is 4.90 Å². The maximum absolute atomic E-state index is 15.1. The van der Waals surface area contributed by atoms with E-state index in [4.69, 9.17) is 0 Å². The maximum atomic E-state index is 15.1. The number of Topliss-reactive ketones (excluding diaryl/α,β-unsaturated/α-hetero) is 1. The summed E-state index contributed by atoms with van der Waals surface area (Å²) in [6.45, 7) is 18.5. The van der Waals surface area contributed by atoms with Crippen LogP contribution in [0.15, 0.2) is 0 Å². The molecule has 5 amide bonds. The highest BCUT2D eigenvalue weighted by molar-refractivity contribution is 6.38. The van der Waals surface area contributed by atoms with Gasteiger partial charge < -0.3 is 31.1 Å². The fraction of sp³-hybridized carbons (Fsp3) is 0.864. The largest absolute Gasteiger partial charge is 0.347 e. The number of ketones is 1. The molecular weight excluding hydrogens is 709 g/mol. The fourth-order valence-corrected chi connectivity index (χ4v) is 11.4. The van der Waals surface area contributed by atoms with Crippen LogP contribution >= 0.6 is 0 Å². The Hall–Kier alpha value is -3.02. The van der Waals surface area contributed by atoms with Crippen molar-refractivity contribution in [1.82, 2.24) is 31.1 Å². The number of nitrogens with one attached hydrogen (secondary N) is 4. The van der Waals surface area contributed by atoms with Crippen LogP contribution in [0.4, 0.5) is 0 Å². The van der Waals surface area contributed by atoms with Gasteiger partial charge in [-0.2, -0.15) is 0 Å². The van der Waals surface area contributed by atoms with E-state index in [1.807, 2.05) is 27.7 Å². The third-order valence-electron chi connectivity index (χ3n) is 15.4. The summed E-state index contributed by atoms with van der Waals surface area (Å²) in [4.78, 5) is 88.3. The van der Waals surface area contributed by atoms with Gasteiger partial charge in [-0.05, 0) is 107 Å². The van der Waals surface area contributed by atoms with Crippen molar-refractivity contribution in [3.8, 4) is 0 Å². The molecule has 4 N–H and O–H groups in total. The van der Waals surface area contributed by atoms with E-state index in [9.17, 15) is 24.0 Å². The first-order chi connectivity index (χ1) is 26.4. The number of hydrogen-bond donors (Lipinski definition) is 4. The molecule has 2 spiro atoms.